The van der Waals surface area contributed by atoms with E-state index in [1.54, 1.807) is 11.9 Å². The highest BCUT2D eigenvalue weighted by Gasteiger charge is 2.41. The van der Waals surface area contributed by atoms with E-state index < -0.39 is 10.8 Å². The van der Waals surface area contributed by atoms with Crippen molar-refractivity contribution in [2.75, 3.05) is 13.6 Å². The Bertz CT molecular complexity index is 741. The van der Waals surface area contributed by atoms with Gasteiger partial charge < -0.3 is 4.90 Å². The summed E-state index contributed by atoms with van der Waals surface area (Å²) in [6.07, 6.45) is 0.683. The Kier molecular flexibility index (Phi) is 3.15. The molecule has 2 aromatic carbocycles. The predicted octanol–water partition coefficient (Wildman–Crippen LogP) is 2.74. The number of nitrogens with zero attached hydrogens (tertiary/aromatic N) is 1. The number of carbonyl (C=O) groups excluding carboxylic acids is 1. The van der Waals surface area contributed by atoms with Gasteiger partial charge in [-0.25, -0.2) is 0 Å². The van der Waals surface area contributed by atoms with E-state index in [1.807, 2.05) is 36.4 Å². The molecule has 0 saturated carbocycles. The summed E-state index contributed by atoms with van der Waals surface area (Å²) in [7, 11) is 0.552. The van der Waals surface area contributed by atoms with Gasteiger partial charge in [-0.3, -0.25) is 9.00 Å². The van der Waals surface area contributed by atoms with E-state index in [-0.39, 0.29) is 16.4 Å². The Labute approximate surface area is 132 Å². The Balaban J connectivity index is 1.82. The lowest BCUT2D eigenvalue weighted by molar-refractivity contribution is -0.126. The summed E-state index contributed by atoms with van der Waals surface area (Å²) in [4.78, 5) is 14.0. The van der Waals surface area contributed by atoms with Crippen LogP contribution >= 0.6 is 0 Å². The number of likely N-dealkylation sites (tertiary alicyclic amines) is 1. The van der Waals surface area contributed by atoms with Crippen molar-refractivity contribution < 1.29 is 9.00 Å². The molecule has 1 saturated heterocycles. The molecule has 112 valence electrons. The van der Waals surface area contributed by atoms with Crippen LogP contribution in [0.1, 0.15) is 22.8 Å². The van der Waals surface area contributed by atoms with Crippen molar-refractivity contribution >= 4 is 16.7 Å². The van der Waals surface area contributed by atoms with E-state index in [4.69, 9.17) is 0 Å². The van der Waals surface area contributed by atoms with Gasteiger partial charge in [-0.2, -0.15) is 0 Å². The van der Waals surface area contributed by atoms with E-state index in [2.05, 4.69) is 12.1 Å². The molecule has 2 aliphatic rings. The third-order valence-electron chi connectivity index (χ3n) is 4.67. The summed E-state index contributed by atoms with van der Waals surface area (Å²) in [6.45, 7) is 0.700. The van der Waals surface area contributed by atoms with Crippen molar-refractivity contribution in [3.63, 3.8) is 0 Å². The van der Waals surface area contributed by atoms with Gasteiger partial charge in [-0.1, -0.05) is 48.5 Å². The summed E-state index contributed by atoms with van der Waals surface area (Å²) < 4.78 is 13.2. The largest absolute Gasteiger partial charge is 0.345 e. The van der Waals surface area contributed by atoms with E-state index in [1.165, 1.54) is 0 Å². The summed E-state index contributed by atoms with van der Waals surface area (Å²) >= 11 is 0. The van der Waals surface area contributed by atoms with Gasteiger partial charge in [-0.05, 0) is 28.7 Å². The summed E-state index contributed by atoms with van der Waals surface area (Å²) in [5.41, 5.74) is 4.47. The number of rotatable bonds is 2. The van der Waals surface area contributed by atoms with Crippen LogP contribution in [0.25, 0.3) is 11.1 Å². The molecular weight excluding hydrogens is 294 g/mol. The first-order chi connectivity index (χ1) is 10.7. The van der Waals surface area contributed by atoms with Crippen LogP contribution in [0.5, 0.6) is 0 Å². The Morgan fingerprint density at radius 1 is 1.00 bits per heavy atom. The average Bonchev–Trinajstić information content (AvgIpc) is 3.05. The molecule has 2 aromatic rings. The molecule has 1 aliphatic carbocycles. The molecule has 0 N–H and O–H groups in total. The van der Waals surface area contributed by atoms with Gasteiger partial charge in [0, 0.05) is 24.4 Å². The van der Waals surface area contributed by atoms with Gasteiger partial charge >= 0.3 is 0 Å². The molecular formula is C18H17NO2S. The smallest absolute Gasteiger partial charge is 0.238 e. The van der Waals surface area contributed by atoms with E-state index in [0.29, 0.717) is 13.0 Å². The highest BCUT2D eigenvalue weighted by molar-refractivity contribution is 7.87. The molecule has 0 spiro atoms. The zero-order chi connectivity index (χ0) is 15.3. The van der Waals surface area contributed by atoms with Gasteiger partial charge in [-0.15, -0.1) is 0 Å². The maximum atomic E-state index is 13.2. The fraction of sp³-hybridized carbons (Fsp3) is 0.278. The SMILES string of the molecule is CN1CCC(S(=O)C2c3ccccc3-c3ccccc32)C1=O. The molecule has 1 aliphatic heterocycles. The van der Waals surface area contributed by atoms with Crippen molar-refractivity contribution in [3.05, 3.63) is 59.7 Å². The number of carbonyl (C=O) groups is 1. The maximum Gasteiger partial charge on any atom is 0.238 e. The topological polar surface area (TPSA) is 37.4 Å². The second-order valence-corrected chi connectivity index (χ2v) is 7.62. The third kappa shape index (κ3) is 1.87. The molecule has 2 unspecified atom stereocenters. The van der Waals surface area contributed by atoms with Crippen LogP contribution in [0.4, 0.5) is 0 Å². The zero-order valence-electron chi connectivity index (χ0n) is 12.4. The molecule has 0 radical (unpaired) electrons. The second kappa shape index (κ2) is 5.06. The second-order valence-electron chi connectivity index (χ2n) is 5.92. The molecule has 3 nitrogen and oxygen atoms in total. The highest BCUT2D eigenvalue weighted by Crippen LogP contribution is 2.47. The van der Waals surface area contributed by atoms with Crippen molar-refractivity contribution in [3.8, 4) is 11.1 Å². The van der Waals surface area contributed by atoms with Crippen molar-refractivity contribution in [1.82, 2.24) is 4.90 Å². The van der Waals surface area contributed by atoms with Crippen LogP contribution < -0.4 is 0 Å². The molecule has 0 aromatic heterocycles. The lowest BCUT2D eigenvalue weighted by Crippen LogP contribution is -2.30. The first-order valence-electron chi connectivity index (χ1n) is 7.51. The lowest BCUT2D eigenvalue weighted by Gasteiger charge is -2.17. The number of benzene rings is 2. The minimum absolute atomic E-state index is 0.0141. The molecule has 4 rings (SSSR count). The number of hydrogen-bond acceptors (Lipinski definition) is 2. The fourth-order valence-electron chi connectivity index (χ4n) is 3.53. The molecule has 1 amide bonds. The van der Waals surface area contributed by atoms with Gasteiger partial charge in [0.1, 0.15) is 5.25 Å². The van der Waals surface area contributed by atoms with E-state index in [9.17, 15) is 9.00 Å². The lowest BCUT2D eigenvalue weighted by atomic mass is 10.1. The van der Waals surface area contributed by atoms with Crippen LogP contribution in [0.2, 0.25) is 0 Å². The number of hydrogen-bond donors (Lipinski definition) is 0. The quantitative estimate of drug-likeness (QED) is 0.855. The van der Waals surface area contributed by atoms with Gasteiger partial charge in [0.05, 0.1) is 5.25 Å². The molecule has 4 heteroatoms. The number of amides is 1. The molecule has 0 bridgehead atoms. The summed E-state index contributed by atoms with van der Waals surface area (Å²) in [5.74, 6) is 0.0141. The van der Waals surface area contributed by atoms with Crippen LogP contribution in [0, 0.1) is 0 Å². The van der Waals surface area contributed by atoms with Crippen molar-refractivity contribution in [2.45, 2.75) is 16.9 Å². The number of fused-ring (bicyclic) bond motifs is 3. The highest BCUT2D eigenvalue weighted by atomic mass is 32.2. The van der Waals surface area contributed by atoms with Crippen LogP contribution in [-0.2, 0) is 15.6 Å². The fourth-order valence-corrected chi connectivity index (χ4v) is 5.49. The van der Waals surface area contributed by atoms with Gasteiger partial charge in [0.25, 0.3) is 0 Å². The van der Waals surface area contributed by atoms with Gasteiger partial charge in [0.2, 0.25) is 5.91 Å². The zero-order valence-corrected chi connectivity index (χ0v) is 13.2. The van der Waals surface area contributed by atoms with Crippen molar-refractivity contribution in [2.24, 2.45) is 0 Å². The Morgan fingerprint density at radius 3 is 2.05 bits per heavy atom. The molecule has 22 heavy (non-hydrogen) atoms. The molecule has 2 atom stereocenters. The van der Waals surface area contributed by atoms with Crippen molar-refractivity contribution in [1.29, 1.82) is 0 Å². The average molecular weight is 311 g/mol. The maximum absolute atomic E-state index is 13.2. The van der Waals surface area contributed by atoms with Crippen LogP contribution in [0.3, 0.4) is 0 Å². The first kappa shape index (κ1) is 13.7. The minimum Gasteiger partial charge on any atom is -0.345 e. The monoisotopic (exact) mass is 311 g/mol. The van der Waals surface area contributed by atoms with Crippen LogP contribution in [-0.4, -0.2) is 33.9 Å². The van der Waals surface area contributed by atoms with E-state index >= 15 is 0 Å². The third-order valence-corrected chi connectivity index (χ3v) is 6.64. The summed E-state index contributed by atoms with van der Waals surface area (Å²) in [6, 6.07) is 16.2. The van der Waals surface area contributed by atoms with E-state index in [0.717, 1.165) is 22.3 Å². The minimum atomic E-state index is -1.24. The summed E-state index contributed by atoms with van der Waals surface area (Å²) in [5, 5.41) is -0.568. The van der Waals surface area contributed by atoms with Gasteiger partial charge in [0.15, 0.2) is 0 Å². The Hall–Kier alpha value is -1.94. The molecule has 1 fully saturated rings. The normalized spacial score (nSPS) is 21.8. The predicted molar refractivity (Wildman–Crippen MR) is 87.9 cm³/mol. The standard InChI is InChI=1S/C18H17NO2S/c1-19-11-10-16(18(19)20)22(21)17-14-8-4-2-6-12(14)13-7-3-5-9-15(13)17/h2-9,16-17H,10-11H2,1H3. The molecule has 1 heterocycles. The van der Waals surface area contributed by atoms with Crippen LogP contribution in [0.15, 0.2) is 48.5 Å². The first-order valence-corrected chi connectivity index (χ1v) is 8.78. The Morgan fingerprint density at radius 2 is 1.55 bits per heavy atom.